The van der Waals surface area contributed by atoms with Crippen molar-refractivity contribution < 1.29 is 0 Å². The highest BCUT2D eigenvalue weighted by Gasteiger charge is 2.03. The average Bonchev–Trinajstić information content (AvgIpc) is 2.26. The minimum Gasteiger partial charge on any atom is -0.356 e. The zero-order chi connectivity index (χ0) is 10.4. The van der Waals surface area contributed by atoms with E-state index >= 15 is 0 Å². The molecule has 1 aromatic rings. The molecule has 0 saturated carbocycles. The van der Waals surface area contributed by atoms with Crippen molar-refractivity contribution in [3.05, 3.63) is 12.4 Å². The van der Waals surface area contributed by atoms with Crippen molar-refractivity contribution >= 4 is 17.6 Å². The van der Waals surface area contributed by atoms with Crippen molar-refractivity contribution in [1.29, 1.82) is 0 Å². The summed E-state index contributed by atoms with van der Waals surface area (Å²) in [7, 11) is 0. The van der Waals surface area contributed by atoms with E-state index in [0.717, 1.165) is 17.3 Å². The predicted octanol–water partition coefficient (Wildman–Crippen LogP) is 2.02. The highest BCUT2D eigenvalue weighted by molar-refractivity contribution is 7.98. The van der Waals surface area contributed by atoms with E-state index in [2.05, 4.69) is 21.2 Å². The van der Waals surface area contributed by atoms with Crippen LogP contribution >= 0.6 is 11.8 Å². The molecule has 1 heterocycles. The Hall–Kier alpha value is -1.21. The molecule has 1 aromatic heterocycles. The van der Waals surface area contributed by atoms with Crippen LogP contribution in [0.5, 0.6) is 0 Å². The fourth-order valence-corrected chi connectivity index (χ4v) is 1.35. The van der Waals surface area contributed by atoms with Gasteiger partial charge in [-0.2, -0.15) is 0 Å². The molecule has 1 atom stereocenters. The second kappa shape index (κ2) is 5.51. The Kier molecular flexibility index (Phi) is 4.27. The van der Waals surface area contributed by atoms with E-state index in [9.17, 15) is 0 Å². The van der Waals surface area contributed by atoms with Crippen LogP contribution in [0.2, 0.25) is 0 Å². The van der Waals surface area contributed by atoms with Crippen LogP contribution in [0.3, 0.4) is 0 Å². The molecule has 0 aliphatic rings. The zero-order valence-electron chi connectivity index (χ0n) is 8.32. The summed E-state index contributed by atoms with van der Waals surface area (Å²) >= 11 is 1.58. The number of terminal acetylenes is 1. The van der Waals surface area contributed by atoms with E-state index in [0.29, 0.717) is 0 Å². The predicted molar refractivity (Wildman–Crippen MR) is 60.3 cm³/mol. The first kappa shape index (κ1) is 10.9. The molecule has 3 nitrogen and oxygen atoms in total. The topological polar surface area (TPSA) is 37.8 Å². The number of anilines is 1. The van der Waals surface area contributed by atoms with Crippen LogP contribution in [-0.2, 0) is 0 Å². The Labute approximate surface area is 88.7 Å². The first-order chi connectivity index (χ1) is 6.80. The van der Waals surface area contributed by atoms with E-state index in [4.69, 9.17) is 6.42 Å². The van der Waals surface area contributed by atoms with Crippen LogP contribution < -0.4 is 5.32 Å². The highest BCUT2D eigenvalue weighted by atomic mass is 32.2. The fourth-order valence-electron chi connectivity index (χ4n) is 0.970. The smallest absolute Gasteiger partial charge is 0.131 e. The largest absolute Gasteiger partial charge is 0.356 e. The summed E-state index contributed by atoms with van der Waals surface area (Å²) in [6, 6.07) is 1.93. The zero-order valence-corrected chi connectivity index (χ0v) is 9.14. The Bertz CT molecular complexity index is 332. The van der Waals surface area contributed by atoms with Crippen molar-refractivity contribution in [2.24, 2.45) is 0 Å². The van der Waals surface area contributed by atoms with E-state index in [1.807, 2.05) is 19.2 Å². The van der Waals surface area contributed by atoms with Crippen molar-refractivity contribution in [2.45, 2.75) is 24.4 Å². The van der Waals surface area contributed by atoms with E-state index in [-0.39, 0.29) is 6.04 Å². The van der Waals surface area contributed by atoms with Crippen molar-refractivity contribution in [3.8, 4) is 12.3 Å². The van der Waals surface area contributed by atoms with Gasteiger partial charge >= 0.3 is 0 Å². The molecule has 4 heteroatoms. The maximum Gasteiger partial charge on any atom is 0.131 e. The van der Waals surface area contributed by atoms with Gasteiger partial charge in [0.05, 0.1) is 6.04 Å². The Morgan fingerprint density at radius 3 is 3.00 bits per heavy atom. The number of hydrogen-bond donors (Lipinski definition) is 1. The van der Waals surface area contributed by atoms with Gasteiger partial charge in [0, 0.05) is 6.07 Å². The van der Waals surface area contributed by atoms with Crippen LogP contribution in [0.25, 0.3) is 0 Å². The number of aromatic nitrogens is 2. The highest BCUT2D eigenvalue weighted by Crippen LogP contribution is 2.14. The SMILES string of the molecule is C#CC(CC)Nc1cc(SC)ncn1. The molecule has 74 valence electrons. The van der Waals surface area contributed by atoms with Gasteiger partial charge in [0.25, 0.3) is 0 Å². The first-order valence-electron chi connectivity index (χ1n) is 4.38. The summed E-state index contributed by atoms with van der Waals surface area (Å²) in [6.07, 6.45) is 9.74. The molecule has 0 aliphatic carbocycles. The van der Waals surface area contributed by atoms with Crippen molar-refractivity contribution in [3.63, 3.8) is 0 Å². The van der Waals surface area contributed by atoms with E-state index < -0.39 is 0 Å². The molecule has 14 heavy (non-hydrogen) atoms. The quantitative estimate of drug-likeness (QED) is 0.465. The number of thioether (sulfide) groups is 1. The monoisotopic (exact) mass is 207 g/mol. The molecule has 0 saturated heterocycles. The molecule has 1 unspecified atom stereocenters. The lowest BCUT2D eigenvalue weighted by atomic mass is 10.2. The first-order valence-corrected chi connectivity index (χ1v) is 5.61. The molecule has 0 fully saturated rings. The summed E-state index contributed by atoms with van der Waals surface area (Å²) in [4.78, 5) is 8.17. The maximum atomic E-state index is 5.34. The van der Waals surface area contributed by atoms with Gasteiger partial charge in [-0.3, -0.25) is 0 Å². The number of hydrogen-bond acceptors (Lipinski definition) is 4. The third-order valence-corrected chi connectivity index (χ3v) is 2.42. The molecule has 0 amide bonds. The maximum absolute atomic E-state index is 5.34. The number of nitrogens with one attached hydrogen (secondary N) is 1. The van der Waals surface area contributed by atoms with E-state index in [1.165, 1.54) is 6.33 Å². The molecule has 1 N–H and O–H groups in total. The van der Waals surface area contributed by atoms with Gasteiger partial charge in [0.15, 0.2) is 0 Å². The minimum atomic E-state index is 0.0413. The fraction of sp³-hybridized carbons (Fsp3) is 0.400. The molecular weight excluding hydrogens is 194 g/mol. The van der Waals surface area contributed by atoms with Crippen LogP contribution in [0.1, 0.15) is 13.3 Å². The molecule has 0 aliphatic heterocycles. The van der Waals surface area contributed by atoms with Gasteiger partial charge in [0.2, 0.25) is 0 Å². The average molecular weight is 207 g/mol. The molecular formula is C10H13N3S. The minimum absolute atomic E-state index is 0.0413. The second-order valence-electron chi connectivity index (χ2n) is 2.72. The standard InChI is InChI=1S/C10H13N3S/c1-4-8(5-2)13-9-6-10(14-3)12-7-11-9/h1,6-8H,5H2,2-3H3,(H,11,12,13). The van der Waals surface area contributed by atoms with Crippen LogP contribution in [0, 0.1) is 12.3 Å². The third-order valence-electron chi connectivity index (χ3n) is 1.78. The van der Waals surface area contributed by atoms with E-state index in [1.54, 1.807) is 11.8 Å². The summed E-state index contributed by atoms with van der Waals surface area (Å²) in [5, 5.41) is 4.09. The third kappa shape index (κ3) is 2.93. The van der Waals surface area contributed by atoms with Gasteiger partial charge in [-0.25, -0.2) is 9.97 Å². The molecule has 1 rings (SSSR count). The van der Waals surface area contributed by atoms with Gasteiger partial charge in [-0.15, -0.1) is 18.2 Å². The van der Waals surface area contributed by atoms with Crippen LogP contribution in [-0.4, -0.2) is 22.3 Å². The van der Waals surface area contributed by atoms with Gasteiger partial charge in [-0.1, -0.05) is 12.8 Å². The van der Waals surface area contributed by atoms with Crippen molar-refractivity contribution in [1.82, 2.24) is 9.97 Å². The molecule has 0 radical (unpaired) electrons. The Morgan fingerprint density at radius 2 is 2.43 bits per heavy atom. The Morgan fingerprint density at radius 1 is 1.64 bits per heavy atom. The Balaban J connectivity index is 2.71. The molecule has 0 bridgehead atoms. The van der Waals surface area contributed by atoms with Gasteiger partial charge < -0.3 is 5.32 Å². The van der Waals surface area contributed by atoms with Crippen molar-refractivity contribution in [2.75, 3.05) is 11.6 Å². The summed E-state index contributed by atoms with van der Waals surface area (Å²) in [5.41, 5.74) is 0. The summed E-state index contributed by atoms with van der Waals surface area (Å²) < 4.78 is 0. The van der Waals surface area contributed by atoms with Gasteiger partial charge in [0.1, 0.15) is 17.2 Å². The molecule has 0 aromatic carbocycles. The lowest BCUT2D eigenvalue weighted by Gasteiger charge is -2.10. The van der Waals surface area contributed by atoms with Crippen LogP contribution in [0.4, 0.5) is 5.82 Å². The summed E-state index contributed by atoms with van der Waals surface area (Å²) in [5.74, 6) is 3.45. The lowest BCUT2D eigenvalue weighted by molar-refractivity contribution is 0.846. The van der Waals surface area contributed by atoms with Crippen LogP contribution in [0.15, 0.2) is 17.4 Å². The summed E-state index contributed by atoms with van der Waals surface area (Å²) in [6.45, 7) is 2.04. The van der Waals surface area contributed by atoms with Gasteiger partial charge in [-0.05, 0) is 12.7 Å². The molecule has 0 spiro atoms. The number of rotatable bonds is 4. The number of nitrogens with zero attached hydrogens (tertiary/aromatic N) is 2. The second-order valence-corrected chi connectivity index (χ2v) is 3.54. The normalized spacial score (nSPS) is 11.8. The lowest BCUT2D eigenvalue weighted by Crippen LogP contribution is -2.16.